The van der Waals surface area contributed by atoms with E-state index in [4.69, 9.17) is 0 Å². The molecular weight excluding hydrogens is 252 g/mol. The molecule has 0 amide bonds. The van der Waals surface area contributed by atoms with Gasteiger partial charge >= 0.3 is 0 Å². The molecule has 5 nitrogen and oxygen atoms in total. The number of fused-ring (bicyclic) bond motifs is 1. The van der Waals surface area contributed by atoms with Gasteiger partial charge in [0.1, 0.15) is 11.5 Å². The van der Waals surface area contributed by atoms with Crippen LogP contribution in [-0.2, 0) is 6.54 Å². The van der Waals surface area contributed by atoms with E-state index in [1.807, 2.05) is 48.5 Å². The maximum absolute atomic E-state index is 12.0. The van der Waals surface area contributed by atoms with Crippen LogP contribution >= 0.6 is 0 Å². The van der Waals surface area contributed by atoms with Crippen LogP contribution in [0.5, 0.6) is 0 Å². The van der Waals surface area contributed by atoms with Crippen molar-refractivity contribution in [1.82, 2.24) is 14.4 Å². The molecule has 0 saturated heterocycles. The standard InChI is InChI=1S/C15H14N4O/c1-18(11-12-5-4-7-16-10-12)14-9-15(20)19-8-3-2-6-13(19)17-14/h2-10H,11H2,1H3. The Labute approximate surface area is 116 Å². The number of pyridine rings is 2. The van der Waals surface area contributed by atoms with Gasteiger partial charge in [0.15, 0.2) is 0 Å². The van der Waals surface area contributed by atoms with Crippen LogP contribution < -0.4 is 10.5 Å². The number of nitrogens with zero attached hydrogens (tertiary/aromatic N) is 4. The molecule has 20 heavy (non-hydrogen) atoms. The average Bonchev–Trinajstić information content (AvgIpc) is 2.48. The third kappa shape index (κ3) is 2.38. The van der Waals surface area contributed by atoms with E-state index in [1.54, 1.807) is 18.5 Å². The van der Waals surface area contributed by atoms with Crippen molar-refractivity contribution in [1.29, 1.82) is 0 Å². The van der Waals surface area contributed by atoms with Crippen LogP contribution in [0.1, 0.15) is 5.56 Å². The lowest BCUT2D eigenvalue weighted by Crippen LogP contribution is -2.22. The van der Waals surface area contributed by atoms with Gasteiger partial charge in [-0.1, -0.05) is 12.1 Å². The van der Waals surface area contributed by atoms with Crippen LogP contribution in [0.15, 0.2) is 59.8 Å². The van der Waals surface area contributed by atoms with Gasteiger partial charge in [-0.3, -0.25) is 14.2 Å². The van der Waals surface area contributed by atoms with E-state index in [0.29, 0.717) is 18.0 Å². The van der Waals surface area contributed by atoms with Crippen LogP contribution in [0.3, 0.4) is 0 Å². The van der Waals surface area contributed by atoms with E-state index < -0.39 is 0 Å². The van der Waals surface area contributed by atoms with Gasteiger partial charge in [0, 0.05) is 38.2 Å². The van der Waals surface area contributed by atoms with Crippen molar-refractivity contribution in [3.05, 3.63) is 70.9 Å². The summed E-state index contributed by atoms with van der Waals surface area (Å²) >= 11 is 0. The van der Waals surface area contributed by atoms with Gasteiger partial charge in [-0.15, -0.1) is 0 Å². The van der Waals surface area contributed by atoms with Crippen molar-refractivity contribution in [3.8, 4) is 0 Å². The van der Waals surface area contributed by atoms with Crippen molar-refractivity contribution in [2.75, 3.05) is 11.9 Å². The molecule has 0 spiro atoms. The SMILES string of the molecule is CN(Cc1cccnc1)c1cc(=O)n2ccccc2n1. The van der Waals surface area contributed by atoms with E-state index in [0.717, 1.165) is 5.56 Å². The maximum atomic E-state index is 12.0. The zero-order chi connectivity index (χ0) is 13.9. The van der Waals surface area contributed by atoms with Gasteiger partial charge in [-0.05, 0) is 23.8 Å². The Kier molecular flexibility index (Phi) is 3.16. The second kappa shape index (κ2) is 5.13. The average molecular weight is 266 g/mol. The highest BCUT2D eigenvalue weighted by Gasteiger charge is 2.07. The Bertz CT molecular complexity index is 782. The zero-order valence-corrected chi connectivity index (χ0v) is 11.1. The first-order valence-corrected chi connectivity index (χ1v) is 6.32. The lowest BCUT2D eigenvalue weighted by atomic mass is 10.3. The molecule has 3 aromatic heterocycles. The minimum Gasteiger partial charge on any atom is -0.355 e. The molecular formula is C15H14N4O. The van der Waals surface area contributed by atoms with E-state index in [9.17, 15) is 4.79 Å². The normalized spacial score (nSPS) is 10.7. The van der Waals surface area contributed by atoms with Crippen LogP contribution in [0.25, 0.3) is 5.65 Å². The molecule has 0 N–H and O–H groups in total. The highest BCUT2D eigenvalue weighted by molar-refractivity contribution is 5.47. The number of hydrogen-bond acceptors (Lipinski definition) is 4. The summed E-state index contributed by atoms with van der Waals surface area (Å²) in [5, 5.41) is 0. The molecule has 0 saturated carbocycles. The van der Waals surface area contributed by atoms with Gasteiger partial charge in [0.2, 0.25) is 0 Å². The number of hydrogen-bond donors (Lipinski definition) is 0. The summed E-state index contributed by atoms with van der Waals surface area (Å²) in [6.45, 7) is 0.656. The molecule has 100 valence electrons. The summed E-state index contributed by atoms with van der Waals surface area (Å²) in [5.74, 6) is 0.657. The lowest BCUT2D eigenvalue weighted by molar-refractivity contribution is 0.882. The van der Waals surface area contributed by atoms with Crippen LogP contribution in [-0.4, -0.2) is 21.4 Å². The Balaban J connectivity index is 1.96. The summed E-state index contributed by atoms with van der Waals surface area (Å²) in [5.41, 5.74) is 1.64. The quantitative estimate of drug-likeness (QED) is 0.724. The molecule has 0 aromatic carbocycles. The van der Waals surface area contributed by atoms with Gasteiger partial charge in [-0.2, -0.15) is 0 Å². The van der Waals surface area contributed by atoms with Gasteiger partial charge in [-0.25, -0.2) is 4.98 Å². The fraction of sp³-hybridized carbons (Fsp3) is 0.133. The Morgan fingerprint density at radius 2 is 2.15 bits per heavy atom. The van der Waals surface area contributed by atoms with Crippen molar-refractivity contribution >= 4 is 11.5 Å². The molecule has 3 aromatic rings. The number of rotatable bonds is 3. The monoisotopic (exact) mass is 266 g/mol. The molecule has 0 aliphatic rings. The number of anilines is 1. The van der Waals surface area contributed by atoms with Crippen molar-refractivity contribution in [2.24, 2.45) is 0 Å². The summed E-state index contributed by atoms with van der Waals surface area (Å²) < 4.78 is 1.53. The molecule has 0 bridgehead atoms. The van der Waals surface area contributed by atoms with E-state index >= 15 is 0 Å². The van der Waals surface area contributed by atoms with E-state index in [-0.39, 0.29) is 5.56 Å². The first kappa shape index (κ1) is 12.3. The maximum Gasteiger partial charge on any atom is 0.259 e. The van der Waals surface area contributed by atoms with Crippen molar-refractivity contribution in [2.45, 2.75) is 6.54 Å². The van der Waals surface area contributed by atoms with E-state index in [2.05, 4.69) is 9.97 Å². The lowest BCUT2D eigenvalue weighted by Gasteiger charge is -2.18. The third-order valence-electron chi connectivity index (χ3n) is 3.09. The second-order valence-electron chi connectivity index (χ2n) is 4.60. The molecule has 0 aliphatic carbocycles. The van der Waals surface area contributed by atoms with Crippen LogP contribution in [0.2, 0.25) is 0 Å². The molecule has 0 radical (unpaired) electrons. The van der Waals surface area contributed by atoms with Crippen molar-refractivity contribution in [3.63, 3.8) is 0 Å². The van der Waals surface area contributed by atoms with Gasteiger partial charge < -0.3 is 4.90 Å². The Hall–Kier alpha value is -2.69. The molecule has 0 aliphatic heterocycles. The molecule has 3 heterocycles. The molecule has 3 rings (SSSR count). The topological polar surface area (TPSA) is 50.5 Å². The molecule has 0 atom stereocenters. The molecule has 5 heteroatoms. The predicted molar refractivity (Wildman–Crippen MR) is 77.8 cm³/mol. The fourth-order valence-electron chi connectivity index (χ4n) is 2.08. The second-order valence-corrected chi connectivity index (χ2v) is 4.60. The summed E-state index contributed by atoms with van der Waals surface area (Å²) in [6.07, 6.45) is 5.27. The first-order valence-electron chi connectivity index (χ1n) is 6.32. The first-order chi connectivity index (χ1) is 9.74. The predicted octanol–water partition coefficient (Wildman–Crippen LogP) is 1.73. The van der Waals surface area contributed by atoms with Crippen molar-refractivity contribution < 1.29 is 0 Å². The smallest absolute Gasteiger partial charge is 0.259 e. The molecule has 0 unspecified atom stereocenters. The zero-order valence-electron chi connectivity index (χ0n) is 11.1. The summed E-state index contributed by atoms with van der Waals surface area (Å²) in [6, 6.07) is 10.9. The van der Waals surface area contributed by atoms with Gasteiger partial charge in [0.25, 0.3) is 5.56 Å². The number of aromatic nitrogens is 3. The fourth-order valence-corrected chi connectivity index (χ4v) is 2.08. The molecule has 0 fully saturated rings. The highest BCUT2D eigenvalue weighted by atomic mass is 16.1. The Morgan fingerprint density at radius 3 is 2.95 bits per heavy atom. The highest BCUT2D eigenvalue weighted by Crippen LogP contribution is 2.11. The van der Waals surface area contributed by atoms with Crippen LogP contribution in [0, 0.1) is 0 Å². The third-order valence-corrected chi connectivity index (χ3v) is 3.09. The summed E-state index contributed by atoms with van der Waals surface area (Å²) in [4.78, 5) is 22.6. The summed E-state index contributed by atoms with van der Waals surface area (Å²) in [7, 11) is 1.91. The Morgan fingerprint density at radius 1 is 1.25 bits per heavy atom. The van der Waals surface area contributed by atoms with Crippen LogP contribution in [0.4, 0.5) is 5.82 Å². The minimum absolute atomic E-state index is 0.0800. The largest absolute Gasteiger partial charge is 0.355 e. The van der Waals surface area contributed by atoms with Gasteiger partial charge in [0.05, 0.1) is 0 Å². The van der Waals surface area contributed by atoms with E-state index in [1.165, 1.54) is 4.40 Å². The minimum atomic E-state index is -0.0800.